The number of likely N-dealkylation sites (tertiary alicyclic amines) is 1. The Bertz CT molecular complexity index is 203. The zero-order valence-corrected chi connectivity index (χ0v) is 9.79. The molecule has 0 saturated carbocycles. The summed E-state index contributed by atoms with van der Waals surface area (Å²) in [4.78, 5) is 15.7. The van der Waals surface area contributed by atoms with Crippen molar-refractivity contribution >= 4 is 5.91 Å². The minimum Gasteiger partial charge on any atom is -0.339 e. The molecule has 0 aromatic rings. The van der Waals surface area contributed by atoms with Gasteiger partial charge in [0.15, 0.2) is 0 Å². The number of hydrogen-bond donors (Lipinski definition) is 0. The monoisotopic (exact) mass is 198 g/mol. The molecule has 0 aromatic carbocycles. The van der Waals surface area contributed by atoms with Crippen LogP contribution in [0.25, 0.3) is 0 Å². The van der Waals surface area contributed by atoms with Crippen LogP contribution in [0.5, 0.6) is 0 Å². The van der Waals surface area contributed by atoms with Crippen LogP contribution in [0.4, 0.5) is 0 Å². The predicted octanol–water partition coefficient (Wildman–Crippen LogP) is 1.34. The van der Waals surface area contributed by atoms with Gasteiger partial charge in [0.05, 0.1) is 0 Å². The highest BCUT2D eigenvalue weighted by atomic mass is 16.2. The lowest BCUT2D eigenvalue weighted by Gasteiger charge is -2.31. The molecule has 1 fully saturated rings. The van der Waals surface area contributed by atoms with E-state index in [2.05, 4.69) is 25.8 Å². The Balaban J connectivity index is 2.50. The van der Waals surface area contributed by atoms with E-state index in [1.807, 2.05) is 4.90 Å². The topological polar surface area (TPSA) is 23.6 Å². The lowest BCUT2D eigenvalue weighted by molar-refractivity contribution is -0.131. The van der Waals surface area contributed by atoms with Gasteiger partial charge < -0.3 is 9.80 Å². The highest BCUT2D eigenvalue weighted by molar-refractivity contribution is 5.73. The minimum atomic E-state index is 0.195. The van der Waals surface area contributed by atoms with E-state index < -0.39 is 0 Å². The number of hydrogen-bond acceptors (Lipinski definition) is 2. The van der Waals surface area contributed by atoms with Crippen molar-refractivity contribution in [3.63, 3.8) is 0 Å². The molecule has 0 aliphatic carbocycles. The fourth-order valence-corrected chi connectivity index (χ4v) is 2.14. The maximum absolute atomic E-state index is 11.4. The molecule has 0 N–H and O–H groups in total. The standard InChI is InChI=1S/C11H22N2O/c1-9(2)13(10(3)14)8-11-6-5-7-12(11)4/h9,11H,5-8H2,1-4H3. The first-order valence-electron chi connectivity index (χ1n) is 5.49. The number of carbonyl (C=O) groups excluding carboxylic acids is 1. The second-order valence-corrected chi connectivity index (χ2v) is 4.54. The predicted molar refractivity (Wildman–Crippen MR) is 58.2 cm³/mol. The Kier molecular flexibility index (Phi) is 3.93. The van der Waals surface area contributed by atoms with Crippen LogP contribution < -0.4 is 0 Å². The second kappa shape index (κ2) is 4.78. The SMILES string of the molecule is CC(=O)N(CC1CCCN1C)C(C)C. The lowest BCUT2D eigenvalue weighted by atomic mass is 10.2. The molecule has 82 valence electrons. The highest BCUT2D eigenvalue weighted by Crippen LogP contribution is 2.16. The molecule has 1 aliphatic heterocycles. The fourth-order valence-electron chi connectivity index (χ4n) is 2.14. The average Bonchev–Trinajstić information content (AvgIpc) is 2.46. The number of rotatable bonds is 3. The van der Waals surface area contributed by atoms with Gasteiger partial charge in [-0.15, -0.1) is 0 Å². The molecular weight excluding hydrogens is 176 g/mol. The Morgan fingerprint density at radius 2 is 2.21 bits per heavy atom. The summed E-state index contributed by atoms with van der Waals surface area (Å²) in [5.41, 5.74) is 0. The summed E-state index contributed by atoms with van der Waals surface area (Å²) in [5, 5.41) is 0. The lowest BCUT2D eigenvalue weighted by Crippen LogP contribution is -2.44. The van der Waals surface area contributed by atoms with Crippen LogP contribution in [-0.2, 0) is 4.79 Å². The van der Waals surface area contributed by atoms with Crippen molar-refractivity contribution in [2.24, 2.45) is 0 Å². The van der Waals surface area contributed by atoms with E-state index >= 15 is 0 Å². The van der Waals surface area contributed by atoms with E-state index in [1.165, 1.54) is 19.4 Å². The van der Waals surface area contributed by atoms with Crippen molar-refractivity contribution in [2.75, 3.05) is 20.1 Å². The van der Waals surface area contributed by atoms with Crippen LogP contribution in [0, 0.1) is 0 Å². The molecule has 1 rings (SSSR count). The Morgan fingerprint density at radius 3 is 2.57 bits per heavy atom. The molecule has 1 atom stereocenters. The smallest absolute Gasteiger partial charge is 0.219 e. The summed E-state index contributed by atoms with van der Waals surface area (Å²) in [6.07, 6.45) is 2.50. The number of nitrogens with zero attached hydrogens (tertiary/aromatic N) is 2. The molecular formula is C11H22N2O. The number of carbonyl (C=O) groups is 1. The van der Waals surface area contributed by atoms with E-state index in [0.717, 1.165) is 6.54 Å². The Hall–Kier alpha value is -0.570. The van der Waals surface area contributed by atoms with Gasteiger partial charge in [-0.05, 0) is 40.3 Å². The van der Waals surface area contributed by atoms with E-state index in [4.69, 9.17) is 0 Å². The zero-order chi connectivity index (χ0) is 10.7. The van der Waals surface area contributed by atoms with Gasteiger partial charge in [0.1, 0.15) is 0 Å². The largest absolute Gasteiger partial charge is 0.339 e. The molecule has 0 radical (unpaired) electrons. The molecule has 1 aliphatic rings. The third-order valence-corrected chi connectivity index (χ3v) is 3.11. The van der Waals surface area contributed by atoms with Crippen molar-refractivity contribution in [3.8, 4) is 0 Å². The van der Waals surface area contributed by atoms with Crippen molar-refractivity contribution in [2.45, 2.75) is 45.7 Å². The molecule has 0 spiro atoms. The van der Waals surface area contributed by atoms with Gasteiger partial charge in [-0.2, -0.15) is 0 Å². The van der Waals surface area contributed by atoms with E-state index in [0.29, 0.717) is 12.1 Å². The van der Waals surface area contributed by atoms with Gasteiger partial charge in [0.25, 0.3) is 0 Å². The van der Waals surface area contributed by atoms with Crippen LogP contribution in [0.1, 0.15) is 33.6 Å². The van der Waals surface area contributed by atoms with Crippen LogP contribution in [0.3, 0.4) is 0 Å². The molecule has 1 heterocycles. The first-order chi connectivity index (χ1) is 6.52. The fraction of sp³-hybridized carbons (Fsp3) is 0.909. The van der Waals surface area contributed by atoms with Gasteiger partial charge >= 0.3 is 0 Å². The summed E-state index contributed by atoms with van der Waals surface area (Å²) < 4.78 is 0. The van der Waals surface area contributed by atoms with Gasteiger partial charge in [-0.25, -0.2) is 0 Å². The van der Waals surface area contributed by atoms with Crippen molar-refractivity contribution < 1.29 is 4.79 Å². The summed E-state index contributed by atoms with van der Waals surface area (Å²) in [6, 6.07) is 0.891. The molecule has 3 heteroatoms. The number of likely N-dealkylation sites (N-methyl/N-ethyl adjacent to an activating group) is 1. The van der Waals surface area contributed by atoms with Crippen molar-refractivity contribution in [1.29, 1.82) is 0 Å². The molecule has 0 bridgehead atoms. The van der Waals surface area contributed by atoms with Gasteiger partial charge in [-0.1, -0.05) is 0 Å². The van der Waals surface area contributed by atoms with E-state index in [-0.39, 0.29) is 5.91 Å². The van der Waals surface area contributed by atoms with Gasteiger partial charge in [-0.3, -0.25) is 4.79 Å². The minimum absolute atomic E-state index is 0.195. The third kappa shape index (κ3) is 2.71. The van der Waals surface area contributed by atoms with E-state index in [9.17, 15) is 4.79 Å². The first-order valence-corrected chi connectivity index (χ1v) is 5.49. The highest BCUT2D eigenvalue weighted by Gasteiger charge is 2.25. The summed E-state index contributed by atoms with van der Waals surface area (Å²) in [5.74, 6) is 0.195. The number of amides is 1. The van der Waals surface area contributed by atoms with Crippen LogP contribution in [0.2, 0.25) is 0 Å². The van der Waals surface area contributed by atoms with Crippen LogP contribution in [-0.4, -0.2) is 47.9 Å². The second-order valence-electron chi connectivity index (χ2n) is 4.54. The molecule has 14 heavy (non-hydrogen) atoms. The van der Waals surface area contributed by atoms with Crippen molar-refractivity contribution in [1.82, 2.24) is 9.80 Å². The maximum atomic E-state index is 11.4. The van der Waals surface area contributed by atoms with Crippen molar-refractivity contribution in [3.05, 3.63) is 0 Å². The van der Waals surface area contributed by atoms with Gasteiger partial charge in [0.2, 0.25) is 5.91 Å². The third-order valence-electron chi connectivity index (χ3n) is 3.11. The summed E-state index contributed by atoms with van der Waals surface area (Å²) in [6.45, 7) is 7.89. The Morgan fingerprint density at radius 1 is 1.57 bits per heavy atom. The quantitative estimate of drug-likeness (QED) is 0.683. The molecule has 1 amide bonds. The van der Waals surface area contributed by atoms with Gasteiger partial charge in [0, 0.05) is 25.6 Å². The molecule has 1 saturated heterocycles. The maximum Gasteiger partial charge on any atom is 0.219 e. The normalized spacial score (nSPS) is 23.1. The molecule has 0 aromatic heterocycles. The molecule has 1 unspecified atom stereocenters. The Labute approximate surface area is 87.1 Å². The zero-order valence-electron chi connectivity index (χ0n) is 9.79. The van der Waals surface area contributed by atoms with Crippen LogP contribution >= 0.6 is 0 Å². The first kappa shape index (κ1) is 11.5. The van der Waals surface area contributed by atoms with Crippen LogP contribution in [0.15, 0.2) is 0 Å². The van der Waals surface area contributed by atoms with E-state index in [1.54, 1.807) is 6.92 Å². The average molecular weight is 198 g/mol. The summed E-state index contributed by atoms with van der Waals surface area (Å²) in [7, 11) is 2.15. The molecule has 3 nitrogen and oxygen atoms in total. The summed E-state index contributed by atoms with van der Waals surface area (Å²) >= 11 is 0.